The third kappa shape index (κ3) is 3.21. The molecule has 0 bridgehead atoms. The van der Waals surface area contributed by atoms with Crippen molar-refractivity contribution < 1.29 is 0 Å². The topological polar surface area (TPSA) is 24.9 Å². The van der Waals surface area contributed by atoms with Gasteiger partial charge in [-0.05, 0) is 37.1 Å². The highest BCUT2D eigenvalue weighted by Crippen LogP contribution is 2.22. The second kappa shape index (κ2) is 5.98. The van der Waals surface area contributed by atoms with Gasteiger partial charge < -0.3 is 5.32 Å². The maximum atomic E-state index is 4.85. The average Bonchev–Trinajstić information content (AvgIpc) is 2.49. The zero-order chi connectivity index (χ0) is 12.9. The van der Waals surface area contributed by atoms with E-state index in [9.17, 15) is 0 Å². The third-order valence-electron chi connectivity index (χ3n) is 3.77. The summed E-state index contributed by atoms with van der Waals surface area (Å²) in [7, 11) is 0. The predicted molar refractivity (Wildman–Crippen MR) is 78.3 cm³/mol. The fraction of sp³-hybridized carbons (Fsp3) is 0.353. The molecule has 3 rings (SSSR count). The molecule has 19 heavy (non-hydrogen) atoms. The predicted octanol–water partition coefficient (Wildman–Crippen LogP) is 3.14. The Bertz CT molecular complexity index is 516. The molecule has 1 aliphatic heterocycles. The monoisotopic (exact) mass is 252 g/mol. The first kappa shape index (κ1) is 12.4. The van der Waals surface area contributed by atoms with E-state index in [1.165, 1.54) is 29.8 Å². The largest absolute Gasteiger partial charge is 0.316 e. The average molecular weight is 252 g/mol. The van der Waals surface area contributed by atoms with Crippen molar-refractivity contribution in [2.45, 2.75) is 25.2 Å². The first-order valence-electron chi connectivity index (χ1n) is 7.12. The van der Waals surface area contributed by atoms with Crippen LogP contribution in [-0.2, 0) is 6.42 Å². The number of benzene rings is 1. The Labute approximate surface area is 114 Å². The summed E-state index contributed by atoms with van der Waals surface area (Å²) in [6, 6.07) is 17.0. The van der Waals surface area contributed by atoms with Crippen LogP contribution >= 0.6 is 0 Å². The zero-order valence-electron chi connectivity index (χ0n) is 11.2. The van der Waals surface area contributed by atoms with Crippen molar-refractivity contribution in [3.05, 3.63) is 65.5 Å². The van der Waals surface area contributed by atoms with E-state index in [0.29, 0.717) is 5.92 Å². The van der Waals surface area contributed by atoms with Crippen LogP contribution < -0.4 is 5.32 Å². The molecule has 0 spiro atoms. The van der Waals surface area contributed by atoms with Crippen molar-refractivity contribution in [2.24, 2.45) is 0 Å². The van der Waals surface area contributed by atoms with Crippen molar-refractivity contribution in [1.82, 2.24) is 10.3 Å². The van der Waals surface area contributed by atoms with Gasteiger partial charge in [0.2, 0.25) is 0 Å². The van der Waals surface area contributed by atoms with Gasteiger partial charge in [0.25, 0.3) is 0 Å². The molecule has 1 aliphatic rings. The molecule has 2 heterocycles. The van der Waals surface area contributed by atoms with Crippen molar-refractivity contribution in [3.63, 3.8) is 0 Å². The van der Waals surface area contributed by atoms with Crippen molar-refractivity contribution in [2.75, 3.05) is 13.1 Å². The molecule has 1 saturated heterocycles. The molecule has 1 aromatic heterocycles. The molecule has 0 saturated carbocycles. The molecular formula is C17H20N2. The van der Waals surface area contributed by atoms with Crippen LogP contribution in [0, 0.1) is 0 Å². The Kier molecular flexibility index (Phi) is 3.89. The maximum Gasteiger partial charge on any atom is 0.0450 e. The number of nitrogens with one attached hydrogen (secondary N) is 1. The van der Waals surface area contributed by atoms with Crippen LogP contribution in [0.2, 0.25) is 0 Å². The SMILES string of the molecule is c1ccc(Cc2cccc([C@@H]3CCCNC3)n2)cc1. The summed E-state index contributed by atoms with van der Waals surface area (Å²) in [4.78, 5) is 4.85. The van der Waals surface area contributed by atoms with Gasteiger partial charge in [-0.3, -0.25) is 4.98 Å². The Hall–Kier alpha value is -1.67. The van der Waals surface area contributed by atoms with Crippen LogP contribution in [0.3, 0.4) is 0 Å². The lowest BCUT2D eigenvalue weighted by molar-refractivity contribution is 0.454. The number of rotatable bonds is 3. The van der Waals surface area contributed by atoms with E-state index in [4.69, 9.17) is 4.98 Å². The molecular weight excluding hydrogens is 232 g/mol. The van der Waals surface area contributed by atoms with Crippen LogP contribution in [0.5, 0.6) is 0 Å². The zero-order valence-corrected chi connectivity index (χ0v) is 11.2. The lowest BCUT2D eigenvalue weighted by Gasteiger charge is -2.22. The van der Waals surface area contributed by atoms with Gasteiger partial charge in [0, 0.05) is 30.3 Å². The Balaban J connectivity index is 1.76. The van der Waals surface area contributed by atoms with Crippen molar-refractivity contribution >= 4 is 0 Å². The summed E-state index contributed by atoms with van der Waals surface area (Å²) in [6.07, 6.45) is 3.44. The number of hydrogen-bond donors (Lipinski definition) is 1. The summed E-state index contributed by atoms with van der Waals surface area (Å²) in [5, 5.41) is 3.46. The number of hydrogen-bond acceptors (Lipinski definition) is 2. The summed E-state index contributed by atoms with van der Waals surface area (Å²) in [5.74, 6) is 0.587. The molecule has 2 aromatic rings. The molecule has 0 amide bonds. The van der Waals surface area contributed by atoms with Gasteiger partial charge in [-0.15, -0.1) is 0 Å². The number of nitrogens with zero attached hydrogens (tertiary/aromatic N) is 1. The van der Waals surface area contributed by atoms with Gasteiger partial charge in [-0.1, -0.05) is 36.4 Å². The Morgan fingerprint density at radius 1 is 1.05 bits per heavy atom. The van der Waals surface area contributed by atoms with Crippen LogP contribution in [-0.4, -0.2) is 18.1 Å². The minimum atomic E-state index is 0.587. The van der Waals surface area contributed by atoms with E-state index in [0.717, 1.165) is 19.5 Å². The van der Waals surface area contributed by atoms with E-state index >= 15 is 0 Å². The van der Waals surface area contributed by atoms with Crippen LogP contribution in [0.1, 0.15) is 35.7 Å². The lowest BCUT2D eigenvalue weighted by atomic mass is 9.95. The quantitative estimate of drug-likeness (QED) is 0.907. The normalized spacial score (nSPS) is 19.3. The van der Waals surface area contributed by atoms with E-state index in [1.54, 1.807) is 0 Å². The van der Waals surface area contributed by atoms with Crippen LogP contribution in [0.4, 0.5) is 0 Å². The fourth-order valence-electron chi connectivity index (χ4n) is 2.73. The van der Waals surface area contributed by atoms with E-state index < -0.39 is 0 Å². The van der Waals surface area contributed by atoms with E-state index in [1.807, 2.05) is 0 Å². The van der Waals surface area contributed by atoms with Gasteiger partial charge in [0.1, 0.15) is 0 Å². The Morgan fingerprint density at radius 2 is 1.95 bits per heavy atom. The summed E-state index contributed by atoms with van der Waals surface area (Å²) in [6.45, 7) is 2.22. The molecule has 1 atom stereocenters. The van der Waals surface area contributed by atoms with E-state index in [-0.39, 0.29) is 0 Å². The minimum Gasteiger partial charge on any atom is -0.316 e. The first-order chi connectivity index (χ1) is 9.42. The number of aromatic nitrogens is 1. The van der Waals surface area contributed by atoms with Gasteiger partial charge in [-0.2, -0.15) is 0 Å². The summed E-state index contributed by atoms with van der Waals surface area (Å²) < 4.78 is 0. The molecule has 0 unspecified atom stereocenters. The lowest BCUT2D eigenvalue weighted by Crippen LogP contribution is -2.28. The number of pyridine rings is 1. The van der Waals surface area contributed by atoms with Crippen LogP contribution in [0.15, 0.2) is 48.5 Å². The number of piperidine rings is 1. The minimum absolute atomic E-state index is 0.587. The summed E-state index contributed by atoms with van der Waals surface area (Å²) >= 11 is 0. The third-order valence-corrected chi connectivity index (χ3v) is 3.77. The maximum absolute atomic E-state index is 4.85. The van der Waals surface area contributed by atoms with Gasteiger partial charge >= 0.3 is 0 Å². The highest BCUT2D eigenvalue weighted by Gasteiger charge is 2.16. The highest BCUT2D eigenvalue weighted by atomic mass is 14.9. The molecule has 2 heteroatoms. The first-order valence-corrected chi connectivity index (χ1v) is 7.12. The van der Waals surface area contributed by atoms with Crippen molar-refractivity contribution in [3.8, 4) is 0 Å². The van der Waals surface area contributed by atoms with Gasteiger partial charge in [0.15, 0.2) is 0 Å². The molecule has 0 radical (unpaired) electrons. The highest BCUT2D eigenvalue weighted by molar-refractivity contribution is 5.23. The fourth-order valence-corrected chi connectivity index (χ4v) is 2.73. The molecule has 98 valence electrons. The smallest absolute Gasteiger partial charge is 0.0450 e. The second-order valence-electron chi connectivity index (χ2n) is 5.26. The molecule has 1 fully saturated rings. The molecule has 0 aliphatic carbocycles. The van der Waals surface area contributed by atoms with Crippen LogP contribution in [0.25, 0.3) is 0 Å². The Morgan fingerprint density at radius 3 is 2.74 bits per heavy atom. The van der Waals surface area contributed by atoms with Crippen molar-refractivity contribution in [1.29, 1.82) is 0 Å². The molecule has 1 aromatic carbocycles. The molecule has 1 N–H and O–H groups in total. The standard InChI is InChI=1S/C17H20N2/c1-2-6-14(7-3-1)12-16-9-4-10-17(19-16)15-8-5-11-18-13-15/h1-4,6-7,9-10,15,18H,5,8,11-13H2/t15-/m1/s1. The van der Waals surface area contributed by atoms with Gasteiger partial charge in [0.05, 0.1) is 0 Å². The van der Waals surface area contributed by atoms with Gasteiger partial charge in [-0.25, -0.2) is 0 Å². The second-order valence-corrected chi connectivity index (χ2v) is 5.26. The van der Waals surface area contributed by atoms with E-state index in [2.05, 4.69) is 53.8 Å². The molecule has 2 nitrogen and oxygen atoms in total. The summed E-state index contributed by atoms with van der Waals surface area (Å²) in [5.41, 5.74) is 3.75.